The molecule has 2 aliphatic heterocycles. The Morgan fingerprint density at radius 1 is 1.14 bits per heavy atom. The van der Waals surface area contributed by atoms with Crippen molar-refractivity contribution in [2.75, 3.05) is 19.8 Å². The summed E-state index contributed by atoms with van der Waals surface area (Å²) in [4.78, 5) is 11.0. The lowest BCUT2D eigenvalue weighted by atomic mass is 10.1. The number of aromatic nitrogens is 2. The fourth-order valence-electron chi connectivity index (χ4n) is 4.10. The summed E-state index contributed by atoms with van der Waals surface area (Å²) in [7, 11) is 0. The number of hydrogen-bond acceptors (Lipinski definition) is 6. The molecule has 150 valence electrons. The number of halogens is 1. The molecule has 0 amide bonds. The summed E-state index contributed by atoms with van der Waals surface area (Å²) < 4.78 is 31.8. The van der Waals surface area contributed by atoms with E-state index in [-0.39, 0.29) is 24.0 Å². The number of ether oxygens (including phenoxy) is 3. The molecular formula is C21H26FN3O3. The molecule has 0 aliphatic carbocycles. The van der Waals surface area contributed by atoms with Gasteiger partial charge < -0.3 is 14.2 Å². The van der Waals surface area contributed by atoms with Crippen molar-refractivity contribution in [3.63, 3.8) is 0 Å². The van der Waals surface area contributed by atoms with Crippen molar-refractivity contribution in [1.29, 1.82) is 0 Å². The van der Waals surface area contributed by atoms with Crippen LogP contribution in [-0.4, -0.2) is 46.8 Å². The molecule has 0 spiro atoms. The van der Waals surface area contributed by atoms with Gasteiger partial charge in [0.25, 0.3) is 5.88 Å². The van der Waals surface area contributed by atoms with Crippen molar-refractivity contribution >= 4 is 0 Å². The molecule has 0 bridgehead atoms. The smallest absolute Gasteiger partial charge is 0.257 e. The third-order valence-electron chi connectivity index (χ3n) is 5.35. The van der Waals surface area contributed by atoms with Gasteiger partial charge in [-0.1, -0.05) is 0 Å². The van der Waals surface area contributed by atoms with E-state index in [1.807, 2.05) is 32.9 Å². The van der Waals surface area contributed by atoms with Crippen LogP contribution in [0, 0.1) is 19.7 Å². The zero-order chi connectivity index (χ0) is 19.8. The SMILES string of the molecule is Cc1cc(O[C@@H]2C[C@H](C)N([C@H](C)c3nc4c(cc3F)OCCO4)C2)cc(C)n1. The minimum atomic E-state index is -0.367. The molecule has 1 saturated heterocycles. The number of pyridine rings is 2. The van der Waals surface area contributed by atoms with E-state index in [0.717, 1.165) is 23.6 Å². The summed E-state index contributed by atoms with van der Waals surface area (Å²) in [5.74, 6) is 1.21. The number of likely N-dealkylation sites (tertiary alicyclic amines) is 1. The molecular weight excluding hydrogens is 361 g/mol. The van der Waals surface area contributed by atoms with E-state index in [4.69, 9.17) is 14.2 Å². The highest BCUT2D eigenvalue weighted by atomic mass is 19.1. The highest BCUT2D eigenvalue weighted by Crippen LogP contribution is 2.36. The van der Waals surface area contributed by atoms with Gasteiger partial charge in [0.2, 0.25) is 0 Å². The molecule has 0 unspecified atom stereocenters. The molecule has 3 atom stereocenters. The average molecular weight is 387 g/mol. The van der Waals surface area contributed by atoms with Crippen molar-refractivity contribution in [3.8, 4) is 17.4 Å². The molecule has 2 aliphatic rings. The summed E-state index contributed by atoms with van der Waals surface area (Å²) in [6, 6.07) is 5.33. The predicted octanol–water partition coefficient (Wildman–Crippen LogP) is 3.61. The second kappa shape index (κ2) is 7.54. The van der Waals surface area contributed by atoms with Gasteiger partial charge in [-0.15, -0.1) is 0 Å². The summed E-state index contributed by atoms with van der Waals surface area (Å²) in [5.41, 5.74) is 2.26. The summed E-state index contributed by atoms with van der Waals surface area (Å²) >= 11 is 0. The average Bonchev–Trinajstić information content (AvgIpc) is 2.99. The van der Waals surface area contributed by atoms with Crippen LogP contribution < -0.4 is 14.2 Å². The third kappa shape index (κ3) is 3.76. The second-order valence-corrected chi connectivity index (χ2v) is 7.64. The fraction of sp³-hybridized carbons (Fsp3) is 0.524. The maximum atomic E-state index is 14.7. The van der Waals surface area contributed by atoms with Crippen LogP contribution in [0.4, 0.5) is 4.39 Å². The second-order valence-electron chi connectivity index (χ2n) is 7.64. The normalized spacial score (nSPS) is 22.9. The molecule has 28 heavy (non-hydrogen) atoms. The molecule has 0 radical (unpaired) electrons. The van der Waals surface area contributed by atoms with Crippen LogP contribution in [0.1, 0.15) is 43.4 Å². The van der Waals surface area contributed by atoms with Crippen LogP contribution in [0.5, 0.6) is 17.4 Å². The first kappa shape index (κ1) is 18.9. The van der Waals surface area contributed by atoms with E-state index in [1.165, 1.54) is 6.07 Å². The van der Waals surface area contributed by atoms with E-state index in [1.54, 1.807) is 0 Å². The molecule has 4 rings (SSSR count). The summed E-state index contributed by atoms with van der Waals surface area (Å²) in [5, 5.41) is 0. The standard InChI is InChI=1S/C21H26FN3O3/c1-12-7-16(8-13(2)23-12)28-17-9-14(3)25(11-17)15(4)20-18(22)10-19-21(24-20)27-6-5-26-19/h7-8,10,14-15,17H,5-6,9,11H2,1-4H3/t14-,15+,17+/m0/s1. The molecule has 0 aromatic carbocycles. The molecule has 7 heteroatoms. The van der Waals surface area contributed by atoms with Crippen LogP contribution in [0.3, 0.4) is 0 Å². The molecule has 0 saturated carbocycles. The predicted molar refractivity (Wildman–Crippen MR) is 103 cm³/mol. The first-order valence-electron chi connectivity index (χ1n) is 9.74. The highest BCUT2D eigenvalue weighted by molar-refractivity contribution is 5.37. The van der Waals surface area contributed by atoms with Crippen LogP contribution in [0.15, 0.2) is 18.2 Å². The number of hydrogen-bond donors (Lipinski definition) is 0. The minimum Gasteiger partial charge on any atom is -0.489 e. The van der Waals surface area contributed by atoms with E-state index in [0.29, 0.717) is 37.1 Å². The van der Waals surface area contributed by atoms with Crippen molar-refractivity contribution in [2.45, 2.75) is 52.3 Å². The Kier molecular flexibility index (Phi) is 5.10. The fourth-order valence-corrected chi connectivity index (χ4v) is 4.10. The third-order valence-corrected chi connectivity index (χ3v) is 5.35. The van der Waals surface area contributed by atoms with Crippen LogP contribution >= 0.6 is 0 Å². The molecule has 2 aromatic rings. The van der Waals surface area contributed by atoms with Gasteiger partial charge >= 0.3 is 0 Å². The van der Waals surface area contributed by atoms with Crippen molar-refractivity contribution in [3.05, 3.63) is 41.1 Å². The lowest BCUT2D eigenvalue weighted by molar-refractivity contribution is 0.152. The maximum absolute atomic E-state index is 14.7. The Hall–Kier alpha value is -2.41. The molecule has 2 aromatic heterocycles. The topological polar surface area (TPSA) is 56.7 Å². The van der Waals surface area contributed by atoms with Gasteiger partial charge in [-0.2, -0.15) is 0 Å². The van der Waals surface area contributed by atoms with Gasteiger partial charge in [-0.05, 0) is 27.7 Å². The van der Waals surface area contributed by atoms with Crippen LogP contribution in [0.2, 0.25) is 0 Å². The number of aryl methyl sites for hydroxylation is 2. The van der Waals surface area contributed by atoms with Gasteiger partial charge in [0.1, 0.15) is 30.9 Å². The van der Waals surface area contributed by atoms with E-state index >= 15 is 0 Å². The number of nitrogens with zero attached hydrogens (tertiary/aromatic N) is 3. The summed E-state index contributed by atoms with van der Waals surface area (Å²) in [6.45, 7) is 9.58. The highest BCUT2D eigenvalue weighted by Gasteiger charge is 2.36. The molecule has 1 fully saturated rings. The Morgan fingerprint density at radius 2 is 1.86 bits per heavy atom. The Balaban J connectivity index is 1.50. The molecule has 6 nitrogen and oxygen atoms in total. The first-order valence-corrected chi connectivity index (χ1v) is 9.74. The van der Waals surface area contributed by atoms with Crippen molar-refractivity contribution < 1.29 is 18.6 Å². The van der Waals surface area contributed by atoms with E-state index in [2.05, 4.69) is 21.8 Å². The first-order chi connectivity index (χ1) is 13.4. The lowest BCUT2D eigenvalue weighted by Crippen LogP contribution is -2.32. The van der Waals surface area contributed by atoms with Crippen LogP contribution in [0.25, 0.3) is 0 Å². The number of fused-ring (bicyclic) bond motifs is 1. The summed E-state index contributed by atoms with van der Waals surface area (Å²) in [6.07, 6.45) is 0.913. The maximum Gasteiger partial charge on any atom is 0.257 e. The minimum absolute atomic E-state index is 0.0407. The van der Waals surface area contributed by atoms with Crippen LogP contribution in [-0.2, 0) is 0 Å². The van der Waals surface area contributed by atoms with Gasteiger partial charge in [0.15, 0.2) is 5.75 Å². The quantitative estimate of drug-likeness (QED) is 0.799. The Morgan fingerprint density at radius 3 is 2.61 bits per heavy atom. The van der Waals surface area contributed by atoms with Crippen molar-refractivity contribution in [1.82, 2.24) is 14.9 Å². The van der Waals surface area contributed by atoms with Gasteiger partial charge in [0, 0.05) is 48.6 Å². The van der Waals surface area contributed by atoms with Gasteiger partial charge in [0.05, 0.1) is 11.7 Å². The molecule has 4 heterocycles. The molecule has 0 N–H and O–H groups in total. The Labute approximate surface area is 164 Å². The lowest BCUT2D eigenvalue weighted by Gasteiger charge is -2.29. The van der Waals surface area contributed by atoms with E-state index in [9.17, 15) is 4.39 Å². The van der Waals surface area contributed by atoms with E-state index < -0.39 is 0 Å². The Bertz CT molecular complexity index is 856. The largest absolute Gasteiger partial charge is 0.489 e. The monoisotopic (exact) mass is 387 g/mol. The van der Waals surface area contributed by atoms with Gasteiger partial charge in [-0.25, -0.2) is 9.37 Å². The number of rotatable bonds is 4. The van der Waals surface area contributed by atoms with Gasteiger partial charge in [-0.3, -0.25) is 9.88 Å². The zero-order valence-corrected chi connectivity index (χ0v) is 16.7. The van der Waals surface area contributed by atoms with Crippen molar-refractivity contribution in [2.24, 2.45) is 0 Å². The zero-order valence-electron chi connectivity index (χ0n) is 16.7.